The van der Waals surface area contributed by atoms with Crippen molar-refractivity contribution in [2.45, 2.75) is 52.5 Å². The third-order valence-electron chi connectivity index (χ3n) is 3.48. The standard InChI is InChI=1S/C16H26ClNO/c1-4-6-7-13(5-2)11-19-16-9-8-14(17)10-15(16)12(3)18/h8-10,12-13H,4-7,11,18H2,1-3H3/t12-,13?/m1/s1. The molecule has 2 atom stereocenters. The van der Waals surface area contributed by atoms with Crippen LogP contribution in [0.1, 0.15) is 58.1 Å². The van der Waals surface area contributed by atoms with Crippen LogP contribution >= 0.6 is 11.6 Å². The molecule has 1 aromatic carbocycles. The Hall–Kier alpha value is -0.730. The van der Waals surface area contributed by atoms with Crippen LogP contribution in [0.3, 0.4) is 0 Å². The summed E-state index contributed by atoms with van der Waals surface area (Å²) in [5.41, 5.74) is 6.95. The zero-order valence-electron chi connectivity index (χ0n) is 12.3. The van der Waals surface area contributed by atoms with Gasteiger partial charge in [0.15, 0.2) is 0 Å². The van der Waals surface area contributed by atoms with E-state index in [0.29, 0.717) is 10.9 Å². The Bertz CT molecular complexity index is 379. The number of ether oxygens (including phenoxy) is 1. The summed E-state index contributed by atoms with van der Waals surface area (Å²) in [6.45, 7) is 7.16. The van der Waals surface area contributed by atoms with Gasteiger partial charge < -0.3 is 10.5 Å². The average Bonchev–Trinajstić information content (AvgIpc) is 2.40. The van der Waals surface area contributed by atoms with Gasteiger partial charge >= 0.3 is 0 Å². The molecular weight excluding hydrogens is 258 g/mol. The Kier molecular flexibility index (Phi) is 7.25. The second kappa shape index (κ2) is 8.44. The maximum atomic E-state index is 6.01. The topological polar surface area (TPSA) is 35.2 Å². The van der Waals surface area contributed by atoms with Crippen molar-refractivity contribution < 1.29 is 4.74 Å². The van der Waals surface area contributed by atoms with Crippen molar-refractivity contribution in [1.29, 1.82) is 0 Å². The Morgan fingerprint density at radius 1 is 1.32 bits per heavy atom. The molecule has 3 heteroatoms. The Balaban J connectivity index is 2.65. The molecule has 0 saturated heterocycles. The van der Waals surface area contributed by atoms with E-state index in [2.05, 4.69) is 13.8 Å². The van der Waals surface area contributed by atoms with Gasteiger partial charge in [-0.15, -0.1) is 0 Å². The highest BCUT2D eigenvalue weighted by atomic mass is 35.5. The third kappa shape index (κ3) is 5.42. The summed E-state index contributed by atoms with van der Waals surface area (Å²) >= 11 is 6.01. The molecule has 1 rings (SSSR count). The smallest absolute Gasteiger partial charge is 0.124 e. The predicted octanol–water partition coefficient (Wildman–Crippen LogP) is 4.95. The highest BCUT2D eigenvalue weighted by Gasteiger charge is 2.12. The Morgan fingerprint density at radius 2 is 2.05 bits per heavy atom. The van der Waals surface area contributed by atoms with Crippen LogP contribution < -0.4 is 10.5 Å². The number of hydrogen-bond acceptors (Lipinski definition) is 2. The van der Waals surface area contributed by atoms with E-state index in [9.17, 15) is 0 Å². The zero-order valence-corrected chi connectivity index (χ0v) is 13.0. The normalized spacial score (nSPS) is 14.2. The van der Waals surface area contributed by atoms with E-state index in [1.165, 1.54) is 19.3 Å². The molecule has 0 aromatic heterocycles. The molecule has 0 aliphatic carbocycles. The average molecular weight is 284 g/mol. The highest BCUT2D eigenvalue weighted by molar-refractivity contribution is 6.30. The van der Waals surface area contributed by atoms with Crippen LogP contribution in [0.25, 0.3) is 0 Å². The van der Waals surface area contributed by atoms with Crippen molar-refractivity contribution >= 4 is 11.6 Å². The van der Waals surface area contributed by atoms with Gasteiger partial charge in [-0.3, -0.25) is 0 Å². The number of unbranched alkanes of at least 4 members (excludes halogenated alkanes) is 1. The van der Waals surface area contributed by atoms with Crippen LogP contribution in [0.5, 0.6) is 5.75 Å². The first-order chi connectivity index (χ1) is 9.08. The van der Waals surface area contributed by atoms with Crippen LogP contribution in [0.4, 0.5) is 0 Å². The molecule has 1 unspecified atom stereocenters. The minimum Gasteiger partial charge on any atom is -0.493 e. The van der Waals surface area contributed by atoms with Crippen molar-refractivity contribution in [1.82, 2.24) is 0 Å². The second-order valence-corrected chi connectivity index (χ2v) is 5.63. The van der Waals surface area contributed by atoms with Gasteiger partial charge in [0.1, 0.15) is 5.75 Å². The largest absolute Gasteiger partial charge is 0.493 e. The van der Waals surface area contributed by atoms with E-state index in [1.54, 1.807) is 0 Å². The van der Waals surface area contributed by atoms with Crippen LogP contribution in [-0.4, -0.2) is 6.61 Å². The summed E-state index contributed by atoms with van der Waals surface area (Å²) < 4.78 is 5.96. The Morgan fingerprint density at radius 3 is 2.63 bits per heavy atom. The lowest BCUT2D eigenvalue weighted by molar-refractivity contribution is 0.231. The van der Waals surface area contributed by atoms with Crippen LogP contribution in [0.15, 0.2) is 18.2 Å². The van der Waals surface area contributed by atoms with Crippen molar-refractivity contribution in [3.8, 4) is 5.75 Å². The van der Waals surface area contributed by atoms with Gasteiger partial charge in [0, 0.05) is 16.6 Å². The fraction of sp³-hybridized carbons (Fsp3) is 0.625. The molecular formula is C16H26ClNO. The summed E-state index contributed by atoms with van der Waals surface area (Å²) in [7, 11) is 0. The fourth-order valence-corrected chi connectivity index (χ4v) is 2.29. The predicted molar refractivity (Wildman–Crippen MR) is 82.9 cm³/mol. The van der Waals surface area contributed by atoms with Gasteiger partial charge in [0.05, 0.1) is 6.61 Å². The molecule has 2 N–H and O–H groups in total. The van der Waals surface area contributed by atoms with E-state index in [0.717, 1.165) is 24.3 Å². The lowest BCUT2D eigenvalue weighted by atomic mass is 10.0. The number of halogens is 1. The molecule has 0 aliphatic heterocycles. The molecule has 0 radical (unpaired) electrons. The van der Waals surface area contributed by atoms with Crippen molar-refractivity contribution in [2.24, 2.45) is 11.7 Å². The first kappa shape index (κ1) is 16.3. The molecule has 108 valence electrons. The summed E-state index contributed by atoms with van der Waals surface area (Å²) in [4.78, 5) is 0. The molecule has 0 fully saturated rings. The second-order valence-electron chi connectivity index (χ2n) is 5.20. The van der Waals surface area contributed by atoms with Crippen LogP contribution in [0.2, 0.25) is 5.02 Å². The van der Waals surface area contributed by atoms with E-state index in [-0.39, 0.29) is 6.04 Å². The molecule has 0 aliphatic rings. The minimum atomic E-state index is -0.0654. The van der Waals surface area contributed by atoms with Gasteiger partial charge in [0.25, 0.3) is 0 Å². The summed E-state index contributed by atoms with van der Waals surface area (Å²) in [5, 5.41) is 0.706. The number of benzene rings is 1. The molecule has 0 bridgehead atoms. The summed E-state index contributed by atoms with van der Waals surface area (Å²) in [6.07, 6.45) is 4.89. The molecule has 1 aromatic rings. The first-order valence-corrected chi connectivity index (χ1v) is 7.64. The maximum Gasteiger partial charge on any atom is 0.124 e. The van der Waals surface area contributed by atoms with E-state index in [1.807, 2.05) is 25.1 Å². The van der Waals surface area contributed by atoms with Crippen LogP contribution in [-0.2, 0) is 0 Å². The third-order valence-corrected chi connectivity index (χ3v) is 3.72. The van der Waals surface area contributed by atoms with E-state index in [4.69, 9.17) is 22.1 Å². The van der Waals surface area contributed by atoms with Crippen LogP contribution in [0, 0.1) is 5.92 Å². The number of nitrogens with two attached hydrogens (primary N) is 1. The SMILES string of the molecule is CCCCC(CC)COc1ccc(Cl)cc1[C@@H](C)N. The number of hydrogen-bond donors (Lipinski definition) is 1. The van der Waals surface area contributed by atoms with Crippen molar-refractivity contribution in [3.63, 3.8) is 0 Å². The highest BCUT2D eigenvalue weighted by Crippen LogP contribution is 2.28. The maximum absolute atomic E-state index is 6.01. The molecule has 0 amide bonds. The number of rotatable bonds is 8. The molecule has 0 spiro atoms. The van der Waals surface area contributed by atoms with Gasteiger partial charge in [-0.25, -0.2) is 0 Å². The fourth-order valence-electron chi connectivity index (χ4n) is 2.11. The summed E-state index contributed by atoms with van der Waals surface area (Å²) in [5.74, 6) is 1.49. The van der Waals surface area contributed by atoms with Gasteiger partial charge in [0.2, 0.25) is 0 Å². The molecule has 19 heavy (non-hydrogen) atoms. The van der Waals surface area contributed by atoms with Gasteiger partial charge in [-0.1, -0.05) is 44.7 Å². The molecule has 0 saturated carbocycles. The van der Waals surface area contributed by atoms with E-state index < -0.39 is 0 Å². The first-order valence-electron chi connectivity index (χ1n) is 7.26. The van der Waals surface area contributed by atoms with Crippen molar-refractivity contribution in [3.05, 3.63) is 28.8 Å². The lowest BCUT2D eigenvalue weighted by Crippen LogP contribution is -2.14. The monoisotopic (exact) mass is 283 g/mol. The zero-order chi connectivity index (χ0) is 14.3. The lowest BCUT2D eigenvalue weighted by Gasteiger charge is -2.19. The molecule has 2 nitrogen and oxygen atoms in total. The minimum absolute atomic E-state index is 0.0654. The summed E-state index contributed by atoms with van der Waals surface area (Å²) in [6, 6.07) is 5.61. The van der Waals surface area contributed by atoms with Crippen molar-refractivity contribution in [2.75, 3.05) is 6.61 Å². The quantitative estimate of drug-likeness (QED) is 0.732. The molecule has 0 heterocycles. The van der Waals surface area contributed by atoms with Gasteiger partial charge in [-0.05, 0) is 37.5 Å². The van der Waals surface area contributed by atoms with E-state index >= 15 is 0 Å². The van der Waals surface area contributed by atoms with Gasteiger partial charge in [-0.2, -0.15) is 0 Å². The Labute approximate surface area is 122 Å².